The van der Waals surface area contributed by atoms with Crippen LogP contribution >= 0.6 is 12.4 Å². The minimum atomic E-state index is -0.431. The molecule has 0 aliphatic carbocycles. The van der Waals surface area contributed by atoms with E-state index in [4.69, 9.17) is 0 Å². The highest BCUT2D eigenvalue weighted by Crippen LogP contribution is 2.21. The second kappa shape index (κ2) is 8.03. The van der Waals surface area contributed by atoms with Crippen LogP contribution in [0.5, 0.6) is 0 Å². The van der Waals surface area contributed by atoms with Crippen LogP contribution in [0.2, 0.25) is 0 Å². The van der Waals surface area contributed by atoms with Gasteiger partial charge in [-0.25, -0.2) is 0 Å². The lowest BCUT2D eigenvalue weighted by Gasteiger charge is -2.17. The van der Waals surface area contributed by atoms with Crippen LogP contribution in [0.1, 0.15) is 26.2 Å². The zero-order chi connectivity index (χ0) is 15.4. The van der Waals surface area contributed by atoms with Gasteiger partial charge in [0.25, 0.3) is 5.91 Å². The summed E-state index contributed by atoms with van der Waals surface area (Å²) in [5, 5.41) is 3.16. The average molecular weight is 326 g/mol. The SMILES string of the molecule is CCCCN1C(=O)CC(Nc2ccc(N(C)C)cc2)C1=O.Cl. The molecule has 1 unspecified atom stereocenters. The number of imide groups is 1. The van der Waals surface area contributed by atoms with E-state index in [1.165, 1.54) is 4.90 Å². The predicted molar refractivity (Wildman–Crippen MR) is 91.7 cm³/mol. The number of halogens is 1. The Labute approximate surface area is 138 Å². The van der Waals surface area contributed by atoms with Crippen molar-refractivity contribution in [3.05, 3.63) is 24.3 Å². The number of nitrogens with one attached hydrogen (secondary N) is 1. The molecule has 0 spiro atoms. The third-order valence-corrected chi connectivity index (χ3v) is 3.70. The lowest BCUT2D eigenvalue weighted by atomic mass is 10.2. The van der Waals surface area contributed by atoms with Gasteiger partial charge in [-0.05, 0) is 30.7 Å². The third kappa shape index (κ3) is 4.13. The van der Waals surface area contributed by atoms with Crippen LogP contribution in [0, 0.1) is 0 Å². The van der Waals surface area contributed by atoms with Gasteiger partial charge >= 0.3 is 0 Å². The van der Waals surface area contributed by atoms with Crippen molar-refractivity contribution in [1.29, 1.82) is 0 Å². The summed E-state index contributed by atoms with van der Waals surface area (Å²) in [6.45, 7) is 2.58. The van der Waals surface area contributed by atoms with E-state index >= 15 is 0 Å². The number of anilines is 2. The molecule has 1 aliphatic heterocycles. The topological polar surface area (TPSA) is 52.7 Å². The maximum atomic E-state index is 12.2. The van der Waals surface area contributed by atoms with Crippen molar-refractivity contribution in [1.82, 2.24) is 4.90 Å². The Morgan fingerprint density at radius 3 is 2.41 bits per heavy atom. The minimum absolute atomic E-state index is 0. The summed E-state index contributed by atoms with van der Waals surface area (Å²) < 4.78 is 0. The monoisotopic (exact) mass is 325 g/mol. The Morgan fingerprint density at radius 1 is 1.23 bits per heavy atom. The number of benzene rings is 1. The zero-order valence-electron chi connectivity index (χ0n) is 13.3. The molecular formula is C16H24ClN3O2. The summed E-state index contributed by atoms with van der Waals surface area (Å²) in [6, 6.07) is 7.40. The van der Waals surface area contributed by atoms with Gasteiger partial charge in [-0.15, -0.1) is 12.4 Å². The molecule has 1 aromatic rings. The number of hydrogen-bond donors (Lipinski definition) is 1. The molecule has 0 bridgehead atoms. The third-order valence-electron chi connectivity index (χ3n) is 3.70. The van der Waals surface area contributed by atoms with Crippen LogP contribution in [0.15, 0.2) is 24.3 Å². The first-order valence-electron chi connectivity index (χ1n) is 7.41. The van der Waals surface area contributed by atoms with Crippen molar-refractivity contribution < 1.29 is 9.59 Å². The van der Waals surface area contributed by atoms with E-state index in [1.54, 1.807) is 0 Å². The van der Waals surface area contributed by atoms with Gasteiger partial charge in [0.1, 0.15) is 6.04 Å². The van der Waals surface area contributed by atoms with Crippen molar-refractivity contribution in [2.45, 2.75) is 32.2 Å². The molecule has 0 aromatic heterocycles. The molecule has 2 rings (SSSR count). The van der Waals surface area contributed by atoms with E-state index in [9.17, 15) is 9.59 Å². The van der Waals surface area contributed by atoms with E-state index in [1.807, 2.05) is 50.2 Å². The zero-order valence-corrected chi connectivity index (χ0v) is 14.2. The number of hydrogen-bond acceptors (Lipinski definition) is 4. The van der Waals surface area contributed by atoms with Crippen LogP contribution in [-0.4, -0.2) is 43.4 Å². The van der Waals surface area contributed by atoms with Gasteiger partial charge in [0.2, 0.25) is 5.91 Å². The predicted octanol–water partition coefficient (Wildman–Crippen LogP) is 2.51. The summed E-state index contributed by atoms with van der Waals surface area (Å²) in [7, 11) is 3.96. The molecule has 6 heteroatoms. The number of carbonyl (C=O) groups is 2. The molecule has 2 amide bonds. The maximum absolute atomic E-state index is 12.2. The first kappa shape index (κ1) is 18.3. The molecule has 1 fully saturated rings. The van der Waals surface area contributed by atoms with Crippen LogP contribution in [0.4, 0.5) is 11.4 Å². The summed E-state index contributed by atoms with van der Waals surface area (Å²) in [5.74, 6) is -0.180. The number of likely N-dealkylation sites (tertiary alicyclic amines) is 1. The molecule has 1 heterocycles. The summed E-state index contributed by atoms with van der Waals surface area (Å²) >= 11 is 0. The lowest BCUT2D eigenvalue weighted by Crippen LogP contribution is -2.35. The van der Waals surface area contributed by atoms with E-state index in [2.05, 4.69) is 5.32 Å². The normalized spacial score (nSPS) is 17.4. The molecule has 1 aliphatic rings. The van der Waals surface area contributed by atoms with Gasteiger partial charge in [-0.1, -0.05) is 13.3 Å². The highest BCUT2D eigenvalue weighted by Gasteiger charge is 2.37. The first-order valence-corrected chi connectivity index (χ1v) is 7.41. The molecule has 1 aromatic carbocycles. The summed E-state index contributed by atoms with van der Waals surface area (Å²) in [4.78, 5) is 27.5. The standard InChI is InChI=1S/C16H23N3O2.ClH/c1-4-5-10-19-15(20)11-14(16(19)21)17-12-6-8-13(9-7-12)18(2)3;/h6-9,14,17H,4-5,10-11H2,1-3H3;1H. The molecule has 122 valence electrons. The number of nitrogens with zero attached hydrogens (tertiary/aromatic N) is 2. The van der Waals surface area contributed by atoms with Crippen LogP contribution in [0.3, 0.4) is 0 Å². The van der Waals surface area contributed by atoms with E-state index in [-0.39, 0.29) is 30.6 Å². The number of unbranched alkanes of at least 4 members (excludes halogenated alkanes) is 1. The second-order valence-corrected chi connectivity index (χ2v) is 5.58. The van der Waals surface area contributed by atoms with E-state index in [0.29, 0.717) is 6.54 Å². The molecule has 1 saturated heterocycles. The van der Waals surface area contributed by atoms with Crippen LogP contribution < -0.4 is 10.2 Å². The lowest BCUT2D eigenvalue weighted by molar-refractivity contribution is -0.138. The van der Waals surface area contributed by atoms with Gasteiger partial charge in [-0.2, -0.15) is 0 Å². The minimum Gasteiger partial charge on any atom is -0.378 e. The van der Waals surface area contributed by atoms with Gasteiger partial charge in [0, 0.05) is 32.0 Å². The second-order valence-electron chi connectivity index (χ2n) is 5.58. The fourth-order valence-electron chi connectivity index (χ4n) is 2.40. The van der Waals surface area contributed by atoms with Crippen molar-refractivity contribution >= 4 is 35.6 Å². The van der Waals surface area contributed by atoms with Crippen molar-refractivity contribution in [3.8, 4) is 0 Å². The van der Waals surface area contributed by atoms with Gasteiger partial charge in [0.15, 0.2) is 0 Å². The Morgan fingerprint density at radius 2 is 1.86 bits per heavy atom. The number of carbonyl (C=O) groups excluding carboxylic acids is 2. The fraction of sp³-hybridized carbons (Fsp3) is 0.500. The molecule has 1 N–H and O–H groups in total. The van der Waals surface area contributed by atoms with Crippen molar-refractivity contribution in [2.75, 3.05) is 30.9 Å². The van der Waals surface area contributed by atoms with Gasteiger partial charge < -0.3 is 10.2 Å². The largest absolute Gasteiger partial charge is 0.378 e. The Kier molecular flexibility index (Phi) is 6.68. The van der Waals surface area contributed by atoms with Gasteiger partial charge in [-0.3, -0.25) is 14.5 Å². The van der Waals surface area contributed by atoms with Crippen molar-refractivity contribution in [2.24, 2.45) is 0 Å². The number of amides is 2. The van der Waals surface area contributed by atoms with E-state index in [0.717, 1.165) is 24.2 Å². The van der Waals surface area contributed by atoms with E-state index < -0.39 is 6.04 Å². The maximum Gasteiger partial charge on any atom is 0.252 e. The summed E-state index contributed by atoms with van der Waals surface area (Å²) in [5.41, 5.74) is 1.96. The average Bonchev–Trinajstić information content (AvgIpc) is 2.72. The highest BCUT2D eigenvalue weighted by molar-refractivity contribution is 6.06. The molecule has 22 heavy (non-hydrogen) atoms. The smallest absolute Gasteiger partial charge is 0.252 e. The molecule has 1 atom stereocenters. The quantitative estimate of drug-likeness (QED) is 0.817. The van der Waals surface area contributed by atoms with Crippen LogP contribution in [0.25, 0.3) is 0 Å². The van der Waals surface area contributed by atoms with Gasteiger partial charge in [0.05, 0.1) is 6.42 Å². The first-order chi connectivity index (χ1) is 10.0. The highest BCUT2D eigenvalue weighted by atomic mass is 35.5. The molecule has 0 saturated carbocycles. The Hall–Kier alpha value is -1.75. The Balaban J connectivity index is 0.00000242. The van der Waals surface area contributed by atoms with Crippen LogP contribution in [-0.2, 0) is 9.59 Å². The van der Waals surface area contributed by atoms with Crippen molar-refractivity contribution in [3.63, 3.8) is 0 Å². The Bertz CT molecular complexity index is 517. The molecule has 0 radical (unpaired) electrons. The summed E-state index contributed by atoms with van der Waals surface area (Å²) in [6.07, 6.45) is 2.08. The number of rotatable bonds is 6. The fourth-order valence-corrected chi connectivity index (χ4v) is 2.40. The molecule has 5 nitrogen and oxygen atoms in total. The molecular weight excluding hydrogens is 302 g/mol.